The second-order valence-corrected chi connectivity index (χ2v) is 7.10. The van der Waals surface area contributed by atoms with Crippen molar-refractivity contribution >= 4 is 11.9 Å². The van der Waals surface area contributed by atoms with Gasteiger partial charge in [0.2, 0.25) is 0 Å². The molecule has 0 amide bonds. The van der Waals surface area contributed by atoms with Gasteiger partial charge < -0.3 is 4.90 Å². The lowest BCUT2D eigenvalue weighted by atomic mass is 10.1. The molecule has 1 aromatic carbocycles. The highest BCUT2D eigenvalue weighted by Gasteiger charge is 2.30. The molecule has 4 nitrogen and oxygen atoms in total. The van der Waals surface area contributed by atoms with Gasteiger partial charge in [0.25, 0.3) is 0 Å². The normalized spacial score (nSPS) is 23.4. The van der Waals surface area contributed by atoms with E-state index in [1.807, 2.05) is 11.2 Å². The number of hydrogen-bond donors (Lipinski definition) is 0. The SMILES string of the molecule is CC1=C2N=C(c3ccc(F)cc3)C=C(N3CCC(C)C3)N2N=CCC1. The van der Waals surface area contributed by atoms with Crippen LogP contribution in [0.5, 0.6) is 0 Å². The second-order valence-electron chi connectivity index (χ2n) is 7.10. The summed E-state index contributed by atoms with van der Waals surface area (Å²) in [6, 6.07) is 6.56. The van der Waals surface area contributed by atoms with Crippen molar-refractivity contribution in [1.82, 2.24) is 9.91 Å². The van der Waals surface area contributed by atoms with Crippen molar-refractivity contribution < 1.29 is 4.39 Å². The maximum absolute atomic E-state index is 13.3. The van der Waals surface area contributed by atoms with Crippen molar-refractivity contribution in [1.29, 1.82) is 0 Å². The quantitative estimate of drug-likeness (QED) is 0.812. The molecule has 130 valence electrons. The van der Waals surface area contributed by atoms with Crippen LogP contribution >= 0.6 is 0 Å². The lowest BCUT2D eigenvalue weighted by Crippen LogP contribution is -2.34. The molecule has 0 aliphatic carbocycles. The van der Waals surface area contributed by atoms with Crippen LogP contribution < -0.4 is 0 Å². The van der Waals surface area contributed by atoms with Gasteiger partial charge in [0, 0.05) is 30.9 Å². The molecule has 0 saturated carbocycles. The molecule has 3 aliphatic rings. The van der Waals surface area contributed by atoms with E-state index in [0.717, 1.165) is 48.8 Å². The Bertz CT molecular complexity index is 788. The maximum Gasteiger partial charge on any atom is 0.155 e. The monoisotopic (exact) mass is 338 g/mol. The predicted octanol–water partition coefficient (Wildman–Crippen LogP) is 4.12. The summed E-state index contributed by atoms with van der Waals surface area (Å²) in [5, 5.41) is 6.64. The van der Waals surface area contributed by atoms with Gasteiger partial charge in [-0.2, -0.15) is 10.1 Å². The van der Waals surface area contributed by atoms with Gasteiger partial charge in [0.05, 0.1) is 5.71 Å². The average molecular weight is 338 g/mol. The predicted molar refractivity (Wildman–Crippen MR) is 98.6 cm³/mol. The Morgan fingerprint density at radius 1 is 1.20 bits per heavy atom. The first-order valence-corrected chi connectivity index (χ1v) is 8.95. The molecule has 1 saturated heterocycles. The number of fused-ring (bicyclic) bond motifs is 1. The molecule has 3 heterocycles. The van der Waals surface area contributed by atoms with Crippen LogP contribution in [0.4, 0.5) is 4.39 Å². The fraction of sp³-hybridized carbons (Fsp3) is 0.400. The van der Waals surface area contributed by atoms with E-state index in [1.165, 1.54) is 24.1 Å². The van der Waals surface area contributed by atoms with E-state index in [4.69, 9.17) is 4.99 Å². The Balaban J connectivity index is 1.80. The highest BCUT2D eigenvalue weighted by molar-refractivity contribution is 6.10. The van der Waals surface area contributed by atoms with Crippen molar-refractivity contribution in [2.75, 3.05) is 13.1 Å². The number of benzene rings is 1. The molecule has 3 aliphatic heterocycles. The lowest BCUT2D eigenvalue weighted by Gasteiger charge is -2.33. The summed E-state index contributed by atoms with van der Waals surface area (Å²) in [7, 11) is 0. The number of hydrazone groups is 1. The minimum absolute atomic E-state index is 0.228. The minimum Gasteiger partial charge on any atom is -0.356 e. The number of allylic oxidation sites excluding steroid dienone is 2. The van der Waals surface area contributed by atoms with E-state index in [9.17, 15) is 4.39 Å². The van der Waals surface area contributed by atoms with Crippen LogP contribution in [-0.4, -0.2) is 34.9 Å². The molecule has 0 aromatic heterocycles. The molecule has 5 heteroatoms. The van der Waals surface area contributed by atoms with Gasteiger partial charge in [-0.3, -0.25) is 0 Å². The van der Waals surface area contributed by atoms with E-state index in [0.29, 0.717) is 5.92 Å². The third-order valence-corrected chi connectivity index (χ3v) is 5.02. The van der Waals surface area contributed by atoms with Crippen LogP contribution in [0.15, 0.2) is 57.7 Å². The van der Waals surface area contributed by atoms with E-state index >= 15 is 0 Å². The molecule has 4 rings (SSSR count). The Hall–Kier alpha value is -2.43. The molecule has 1 unspecified atom stereocenters. The highest BCUT2D eigenvalue weighted by Crippen LogP contribution is 2.32. The molecule has 1 fully saturated rings. The topological polar surface area (TPSA) is 31.2 Å². The number of rotatable bonds is 2. The van der Waals surface area contributed by atoms with Gasteiger partial charge in [-0.05, 0) is 61.9 Å². The molecule has 0 spiro atoms. The summed E-state index contributed by atoms with van der Waals surface area (Å²) in [6.45, 7) is 6.47. The number of hydrogen-bond acceptors (Lipinski definition) is 4. The van der Waals surface area contributed by atoms with E-state index in [-0.39, 0.29) is 5.82 Å². The Kier molecular flexibility index (Phi) is 4.15. The number of likely N-dealkylation sites (tertiary alicyclic amines) is 1. The van der Waals surface area contributed by atoms with Gasteiger partial charge >= 0.3 is 0 Å². The second kappa shape index (κ2) is 6.47. The number of nitrogens with zero attached hydrogens (tertiary/aromatic N) is 4. The standard InChI is InChI=1S/C20H23FN4/c1-14-9-11-24(13-14)19-12-18(16-5-7-17(21)8-6-16)23-20-15(2)4-3-10-22-25(19)20/h5-8,10,12,14H,3-4,9,11,13H2,1-2H3. The maximum atomic E-state index is 13.3. The van der Waals surface area contributed by atoms with Crippen molar-refractivity contribution in [2.24, 2.45) is 16.0 Å². The third kappa shape index (κ3) is 3.11. The van der Waals surface area contributed by atoms with Gasteiger partial charge in [0.1, 0.15) is 11.6 Å². The van der Waals surface area contributed by atoms with Crippen LogP contribution in [0.3, 0.4) is 0 Å². The summed E-state index contributed by atoms with van der Waals surface area (Å²) in [6.07, 6.45) is 7.14. The molecule has 0 N–H and O–H groups in total. The lowest BCUT2D eigenvalue weighted by molar-refractivity contribution is 0.273. The number of aliphatic imine (C=N–C) groups is 1. The van der Waals surface area contributed by atoms with Gasteiger partial charge in [-0.15, -0.1) is 0 Å². The van der Waals surface area contributed by atoms with Crippen molar-refractivity contribution in [3.63, 3.8) is 0 Å². The summed E-state index contributed by atoms with van der Waals surface area (Å²) < 4.78 is 13.3. The molecular weight excluding hydrogens is 315 g/mol. The zero-order valence-corrected chi connectivity index (χ0v) is 14.7. The van der Waals surface area contributed by atoms with E-state index in [1.54, 1.807) is 12.1 Å². The zero-order chi connectivity index (χ0) is 17.4. The minimum atomic E-state index is -0.228. The van der Waals surface area contributed by atoms with Crippen LogP contribution in [0, 0.1) is 11.7 Å². The first-order chi connectivity index (χ1) is 12.1. The van der Waals surface area contributed by atoms with Crippen molar-refractivity contribution in [3.8, 4) is 0 Å². The van der Waals surface area contributed by atoms with Crippen molar-refractivity contribution in [2.45, 2.75) is 33.1 Å². The van der Waals surface area contributed by atoms with Crippen LogP contribution in [-0.2, 0) is 0 Å². The number of halogens is 1. The van der Waals surface area contributed by atoms with Crippen LogP contribution in [0.25, 0.3) is 0 Å². The largest absolute Gasteiger partial charge is 0.356 e. The van der Waals surface area contributed by atoms with Crippen LogP contribution in [0.2, 0.25) is 0 Å². The fourth-order valence-electron chi connectivity index (χ4n) is 3.54. The molecule has 1 atom stereocenters. The molecule has 25 heavy (non-hydrogen) atoms. The smallest absolute Gasteiger partial charge is 0.155 e. The molecule has 0 radical (unpaired) electrons. The highest BCUT2D eigenvalue weighted by atomic mass is 19.1. The van der Waals surface area contributed by atoms with Crippen molar-refractivity contribution in [3.05, 3.63) is 58.9 Å². The summed E-state index contributed by atoms with van der Waals surface area (Å²) >= 11 is 0. The van der Waals surface area contributed by atoms with Gasteiger partial charge in [-0.25, -0.2) is 9.38 Å². The van der Waals surface area contributed by atoms with Gasteiger partial charge in [-0.1, -0.05) is 6.92 Å². The summed E-state index contributed by atoms with van der Waals surface area (Å²) in [5.74, 6) is 2.43. The summed E-state index contributed by atoms with van der Waals surface area (Å²) in [5.41, 5.74) is 3.03. The fourth-order valence-corrected chi connectivity index (χ4v) is 3.54. The Morgan fingerprint density at radius 3 is 2.72 bits per heavy atom. The van der Waals surface area contributed by atoms with E-state index < -0.39 is 0 Å². The average Bonchev–Trinajstić information content (AvgIpc) is 2.96. The van der Waals surface area contributed by atoms with E-state index in [2.05, 4.69) is 29.9 Å². The van der Waals surface area contributed by atoms with Gasteiger partial charge in [0.15, 0.2) is 5.82 Å². The third-order valence-electron chi connectivity index (χ3n) is 5.02. The Labute approximate surface area is 148 Å². The molecular formula is C20H23FN4. The molecule has 0 bridgehead atoms. The Morgan fingerprint density at radius 2 is 2.00 bits per heavy atom. The zero-order valence-electron chi connectivity index (χ0n) is 14.7. The summed E-state index contributed by atoms with van der Waals surface area (Å²) in [4.78, 5) is 7.26. The molecule has 1 aromatic rings. The van der Waals surface area contributed by atoms with Crippen LogP contribution in [0.1, 0.15) is 38.7 Å². The first kappa shape index (κ1) is 16.1. The first-order valence-electron chi connectivity index (χ1n) is 8.95.